The van der Waals surface area contributed by atoms with E-state index in [9.17, 15) is 18.3 Å². The molecule has 6 heteroatoms. The fourth-order valence-electron chi connectivity index (χ4n) is 1.72. The molecule has 0 radical (unpaired) electrons. The number of rotatable bonds is 0. The molecule has 1 atom stereocenters. The predicted octanol–water partition coefficient (Wildman–Crippen LogP) is 1.28. The minimum Gasteiger partial charge on any atom is -0.393 e. The lowest BCUT2D eigenvalue weighted by Crippen LogP contribution is -2.20. The number of alkyl halides is 3. The fourth-order valence-corrected chi connectivity index (χ4v) is 1.72. The van der Waals surface area contributed by atoms with Gasteiger partial charge in [0.05, 0.1) is 6.10 Å². The van der Waals surface area contributed by atoms with Crippen LogP contribution in [0.3, 0.4) is 0 Å². The van der Waals surface area contributed by atoms with Crippen LogP contribution in [0.25, 0.3) is 0 Å². The molecule has 2 rings (SSSR count). The summed E-state index contributed by atoms with van der Waals surface area (Å²) in [6, 6.07) is 0. The van der Waals surface area contributed by atoms with E-state index in [4.69, 9.17) is 0 Å². The Kier molecular flexibility index (Phi) is 2.02. The van der Waals surface area contributed by atoms with E-state index < -0.39 is 18.0 Å². The third kappa shape index (κ3) is 1.50. The largest absolute Gasteiger partial charge is 0.435 e. The first-order valence-electron chi connectivity index (χ1n) is 4.30. The summed E-state index contributed by atoms with van der Waals surface area (Å²) in [5, 5.41) is 14.8. The Bertz CT molecular complexity index is 345. The van der Waals surface area contributed by atoms with Crippen LogP contribution in [0.5, 0.6) is 0 Å². The minimum absolute atomic E-state index is 0.211. The lowest BCUT2D eigenvalue weighted by Gasteiger charge is -2.17. The molecular weight excluding hydrogens is 197 g/mol. The van der Waals surface area contributed by atoms with Gasteiger partial charge in [0.15, 0.2) is 5.69 Å². The van der Waals surface area contributed by atoms with Gasteiger partial charge in [0.1, 0.15) is 0 Å². The van der Waals surface area contributed by atoms with Crippen molar-refractivity contribution in [2.75, 3.05) is 0 Å². The Balaban J connectivity index is 2.38. The number of aliphatic hydroxyl groups excluding tert-OH is 1. The summed E-state index contributed by atoms with van der Waals surface area (Å²) in [5.74, 6) is 0. The average Bonchev–Trinajstić information content (AvgIpc) is 2.45. The zero-order valence-electron chi connectivity index (χ0n) is 7.23. The maximum atomic E-state index is 12.4. The number of hydrogen-bond acceptors (Lipinski definition) is 2. The van der Waals surface area contributed by atoms with Crippen LogP contribution in [0, 0.1) is 0 Å². The smallest absolute Gasteiger partial charge is 0.393 e. The summed E-state index contributed by atoms with van der Waals surface area (Å²) < 4.78 is 37.1. The maximum Gasteiger partial charge on any atom is 0.435 e. The summed E-state index contributed by atoms with van der Waals surface area (Å²) in [7, 11) is 0. The van der Waals surface area contributed by atoms with Gasteiger partial charge in [-0.3, -0.25) is 5.10 Å². The maximum absolute atomic E-state index is 12.4. The topological polar surface area (TPSA) is 48.9 Å². The van der Waals surface area contributed by atoms with Crippen molar-refractivity contribution in [2.24, 2.45) is 0 Å². The summed E-state index contributed by atoms with van der Waals surface area (Å²) in [4.78, 5) is 0. The van der Waals surface area contributed by atoms with Crippen LogP contribution in [0.1, 0.15) is 23.4 Å². The van der Waals surface area contributed by atoms with Crippen molar-refractivity contribution in [3.63, 3.8) is 0 Å². The molecule has 1 aromatic rings. The van der Waals surface area contributed by atoms with Gasteiger partial charge in [-0.2, -0.15) is 18.3 Å². The number of nitrogens with one attached hydrogen (secondary N) is 1. The molecule has 0 saturated heterocycles. The van der Waals surface area contributed by atoms with Gasteiger partial charge in [0.25, 0.3) is 0 Å². The lowest BCUT2D eigenvalue weighted by atomic mass is 9.93. The van der Waals surface area contributed by atoms with Crippen LogP contribution in [-0.4, -0.2) is 21.4 Å². The summed E-state index contributed by atoms with van der Waals surface area (Å²) in [6.45, 7) is 0. The van der Waals surface area contributed by atoms with Gasteiger partial charge >= 0.3 is 6.18 Å². The second-order valence-electron chi connectivity index (χ2n) is 3.42. The highest BCUT2D eigenvalue weighted by molar-refractivity contribution is 5.30. The molecule has 78 valence electrons. The molecule has 0 aliphatic heterocycles. The molecule has 0 aromatic carbocycles. The normalized spacial score (nSPS) is 22.1. The van der Waals surface area contributed by atoms with Gasteiger partial charge in [0, 0.05) is 17.7 Å². The number of nitrogens with zero attached hydrogens (tertiary/aromatic N) is 1. The third-order valence-electron chi connectivity index (χ3n) is 2.39. The molecule has 0 spiro atoms. The molecule has 14 heavy (non-hydrogen) atoms. The molecule has 1 aliphatic carbocycles. The van der Waals surface area contributed by atoms with Crippen molar-refractivity contribution >= 4 is 0 Å². The van der Waals surface area contributed by atoms with Crippen molar-refractivity contribution in [3.05, 3.63) is 17.0 Å². The second-order valence-corrected chi connectivity index (χ2v) is 3.42. The Hall–Kier alpha value is -1.04. The van der Waals surface area contributed by atoms with E-state index >= 15 is 0 Å². The van der Waals surface area contributed by atoms with E-state index in [-0.39, 0.29) is 18.4 Å². The van der Waals surface area contributed by atoms with Gasteiger partial charge in [-0.25, -0.2) is 0 Å². The Morgan fingerprint density at radius 3 is 2.79 bits per heavy atom. The van der Waals surface area contributed by atoms with Gasteiger partial charge in [-0.05, 0) is 12.8 Å². The van der Waals surface area contributed by atoms with Gasteiger partial charge < -0.3 is 5.11 Å². The van der Waals surface area contributed by atoms with Crippen LogP contribution in [0.4, 0.5) is 13.2 Å². The molecule has 1 heterocycles. The van der Waals surface area contributed by atoms with Crippen LogP contribution >= 0.6 is 0 Å². The van der Waals surface area contributed by atoms with Crippen LogP contribution < -0.4 is 0 Å². The molecule has 0 bridgehead atoms. The van der Waals surface area contributed by atoms with Crippen molar-refractivity contribution in [2.45, 2.75) is 31.5 Å². The standard InChI is InChI=1S/C8H9F3N2O/c9-8(10,11)7-5-2-1-4(14)3-6(5)12-13-7/h4,14H,1-3H2,(H,12,13). The van der Waals surface area contributed by atoms with Crippen molar-refractivity contribution < 1.29 is 18.3 Å². The predicted molar refractivity (Wildman–Crippen MR) is 41.6 cm³/mol. The Morgan fingerprint density at radius 1 is 1.43 bits per heavy atom. The molecular formula is C8H9F3N2O. The highest BCUT2D eigenvalue weighted by Crippen LogP contribution is 2.34. The van der Waals surface area contributed by atoms with Crippen LogP contribution in [-0.2, 0) is 19.0 Å². The molecule has 1 aromatic heterocycles. The molecule has 3 nitrogen and oxygen atoms in total. The first-order valence-corrected chi connectivity index (χ1v) is 4.30. The number of aromatic amines is 1. The van der Waals surface area contributed by atoms with E-state index in [1.165, 1.54) is 0 Å². The summed E-state index contributed by atoms with van der Waals surface area (Å²) in [5.41, 5.74) is -0.210. The minimum atomic E-state index is -4.40. The Labute approximate surface area is 77.9 Å². The quantitative estimate of drug-likeness (QED) is 0.671. The zero-order valence-corrected chi connectivity index (χ0v) is 7.23. The van der Waals surface area contributed by atoms with Crippen LogP contribution in [0.2, 0.25) is 0 Å². The molecule has 0 saturated carbocycles. The van der Waals surface area contributed by atoms with Crippen molar-refractivity contribution in [1.82, 2.24) is 10.2 Å². The van der Waals surface area contributed by atoms with Gasteiger partial charge in [-0.1, -0.05) is 0 Å². The first-order chi connectivity index (χ1) is 6.48. The van der Waals surface area contributed by atoms with Crippen molar-refractivity contribution in [1.29, 1.82) is 0 Å². The van der Waals surface area contributed by atoms with Crippen LogP contribution in [0.15, 0.2) is 0 Å². The lowest BCUT2D eigenvalue weighted by molar-refractivity contribution is -0.141. The van der Waals surface area contributed by atoms with E-state index in [2.05, 4.69) is 10.2 Å². The summed E-state index contributed by atoms with van der Waals surface area (Å²) >= 11 is 0. The second kappa shape index (κ2) is 2.98. The number of H-pyrrole nitrogens is 1. The average molecular weight is 206 g/mol. The molecule has 1 aliphatic rings. The number of aromatic nitrogens is 2. The highest BCUT2D eigenvalue weighted by atomic mass is 19.4. The number of aliphatic hydroxyl groups is 1. The molecule has 0 fully saturated rings. The van der Waals surface area contributed by atoms with Gasteiger partial charge in [0.2, 0.25) is 0 Å². The first kappa shape index (κ1) is 9.51. The number of fused-ring (bicyclic) bond motifs is 1. The zero-order chi connectivity index (χ0) is 10.3. The monoisotopic (exact) mass is 206 g/mol. The van der Waals surface area contributed by atoms with E-state index in [0.717, 1.165) is 0 Å². The SMILES string of the molecule is OC1CCc2c(C(F)(F)F)n[nH]c2C1. The van der Waals surface area contributed by atoms with Crippen molar-refractivity contribution in [3.8, 4) is 0 Å². The third-order valence-corrected chi connectivity index (χ3v) is 2.39. The number of hydrogen-bond donors (Lipinski definition) is 2. The van der Waals surface area contributed by atoms with E-state index in [1.54, 1.807) is 0 Å². The Morgan fingerprint density at radius 2 is 2.14 bits per heavy atom. The van der Waals surface area contributed by atoms with Gasteiger partial charge in [-0.15, -0.1) is 0 Å². The molecule has 1 unspecified atom stereocenters. The highest BCUT2D eigenvalue weighted by Gasteiger charge is 2.38. The number of halogens is 3. The molecule has 0 amide bonds. The van der Waals surface area contributed by atoms with E-state index in [0.29, 0.717) is 12.1 Å². The fraction of sp³-hybridized carbons (Fsp3) is 0.625. The molecule has 2 N–H and O–H groups in total. The van der Waals surface area contributed by atoms with E-state index in [1.807, 2.05) is 0 Å². The summed E-state index contributed by atoms with van der Waals surface area (Å²) in [6.07, 6.45) is -4.11.